The lowest BCUT2D eigenvalue weighted by atomic mass is 10.1. The summed E-state index contributed by atoms with van der Waals surface area (Å²) in [5.41, 5.74) is 1.85. The molecule has 0 aromatic carbocycles. The minimum Gasteiger partial charge on any atom is -0.465 e. The lowest BCUT2D eigenvalue weighted by Gasteiger charge is -2.27. The van der Waals surface area contributed by atoms with Crippen molar-refractivity contribution in [3.05, 3.63) is 17.5 Å². The van der Waals surface area contributed by atoms with Gasteiger partial charge in [-0.25, -0.2) is 14.8 Å². The summed E-state index contributed by atoms with van der Waals surface area (Å²) in [7, 11) is 0. The van der Waals surface area contributed by atoms with E-state index in [1.165, 1.54) is 4.90 Å². The van der Waals surface area contributed by atoms with Gasteiger partial charge in [0, 0.05) is 32.0 Å². The molecular formula is C13H18N4O3. The molecule has 0 aliphatic carbocycles. The van der Waals surface area contributed by atoms with Crippen LogP contribution in [0.5, 0.6) is 0 Å². The third-order valence-corrected chi connectivity index (χ3v) is 3.77. The van der Waals surface area contributed by atoms with E-state index in [1.807, 2.05) is 6.20 Å². The number of nitrogens with one attached hydrogen (secondary N) is 1. The van der Waals surface area contributed by atoms with Crippen LogP contribution < -0.4 is 5.32 Å². The van der Waals surface area contributed by atoms with E-state index in [2.05, 4.69) is 15.3 Å². The van der Waals surface area contributed by atoms with Gasteiger partial charge in [0.1, 0.15) is 0 Å². The largest absolute Gasteiger partial charge is 0.465 e. The molecule has 0 spiro atoms. The summed E-state index contributed by atoms with van der Waals surface area (Å²) >= 11 is 0. The van der Waals surface area contributed by atoms with E-state index in [1.54, 1.807) is 0 Å². The molecule has 0 atom stereocenters. The maximum Gasteiger partial charge on any atom is 0.407 e. The molecule has 0 unspecified atom stereocenters. The van der Waals surface area contributed by atoms with Gasteiger partial charge >= 0.3 is 6.09 Å². The molecule has 0 radical (unpaired) electrons. The molecule has 108 valence electrons. The molecule has 7 nitrogen and oxygen atoms in total. The zero-order chi connectivity index (χ0) is 13.9. The molecular weight excluding hydrogens is 260 g/mol. The van der Waals surface area contributed by atoms with Crippen molar-refractivity contribution < 1.29 is 14.6 Å². The second-order valence-corrected chi connectivity index (χ2v) is 5.15. The summed E-state index contributed by atoms with van der Waals surface area (Å²) in [6, 6.07) is 0.334. The van der Waals surface area contributed by atoms with Gasteiger partial charge in [-0.05, 0) is 24.8 Å². The Bertz CT molecular complexity index is 502. The second kappa shape index (κ2) is 5.62. The van der Waals surface area contributed by atoms with Crippen LogP contribution >= 0.6 is 0 Å². The van der Waals surface area contributed by atoms with Gasteiger partial charge in [-0.3, -0.25) is 0 Å². The Kier molecular flexibility index (Phi) is 3.68. The fraction of sp³-hybridized carbons (Fsp3) is 0.615. The van der Waals surface area contributed by atoms with Crippen molar-refractivity contribution in [2.45, 2.75) is 31.8 Å². The number of carbonyl (C=O) groups is 1. The number of rotatable bonds is 2. The van der Waals surface area contributed by atoms with Crippen LogP contribution in [-0.2, 0) is 17.7 Å². The first-order chi connectivity index (χ1) is 9.72. The Morgan fingerprint density at radius 1 is 1.45 bits per heavy atom. The van der Waals surface area contributed by atoms with E-state index in [0.29, 0.717) is 31.5 Å². The molecule has 0 saturated carbocycles. The molecule has 1 aromatic heterocycles. The average Bonchev–Trinajstić information content (AvgIpc) is 2.47. The number of fused-ring (bicyclic) bond motifs is 1. The first kappa shape index (κ1) is 13.1. The predicted octanol–water partition coefficient (Wildman–Crippen LogP) is 1.10. The van der Waals surface area contributed by atoms with E-state index in [9.17, 15) is 4.79 Å². The highest BCUT2D eigenvalue weighted by Crippen LogP contribution is 2.19. The Labute approximate surface area is 117 Å². The number of hydrogen-bond acceptors (Lipinski definition) is 5. The number of amides is 1. The predicted molar refractivity (Wildman–Crippen MR) is 71.6 cm³/mol. The minimum atomic E-state index is -0.895. The standard InChI is InChI=1S/C13H18N4O3/c18-13(19)17-4-1-9-7-14-12(16-11(9)8-17)15-10-2-5-20-6-3-10/h7,10H,1-6,8H2,(H,18,19)(H,14,15,16). The van der Waals surface area contributed by atoms with Crippen molar-refractivity contribution >= 4 is 12.0 Å². The van der Waals surface area contributed by atoms with Gasteiger partial charge in [0.2, 0.25) is 5.95 Å². The van der Waals surface area contributed by atoms with E-state index in [-0.39, 0.29) is 0 Å². The smallest absolute Gasteiger partial charge is 0.407 e. The molecule has 1 saturated heterocycles. The third-order valence-electron chi connectivity index (χ3n) is 3.77. The van der Waals surface area contributed by atoms with Gasteiger partial charge < -0.3 is 20.1 Å². The normalized spacial score (nSPS) is 19.5. The minimum absolute atomic E-state index is 0.334. The number of ether oxygens (including phenoxy) is 1. The Hall–Kier alpha value is -1.89. The van der Waals surface area contributed by atoms with Gasteiger partial charge in [0.25, 0.3) is 0 Å². The van der Waals surface area contributed by atoms with Crippen LogP contribution in [0.25, 0.3) is 0 Å². The SMILES string of the molecule is O=C(O)N1CCc2cnc(NC3CCOCC3)nc2C1. The summed E-state index contributed by atoms with van der Waals surface area (Å²) < 4.78 is 5.32. The zero-order valence-corrected chi connectivity index (χ0v) is 11.2. The number of aromatic nitrogens is 2. The number of hydrogen-bond donors (Lipinski definition) is 2. The molecule has 3 rings (SSSR count). The van der Waals surface area contributed by atoms with Gasteiger partial charge in [-0.2, -0.15) is 0 Å². The van der Waals surface area contributed by atoms with Gasteiger partial charge in [-0.1, -0.05) is 0 Å². The number of anilines is 1. The highest BCUT2D eigenvalue weighted by Gasteiger charge is 2.22. The van der Waals surface area contributed by atoms with E-state index in [0.717, 1.165) is 37.3 Å². The molecule has 7 heteroatoms. The van der Waals surface area contributed by atoms with Gasteiger partial charge in [0.05, 0.1) is 12.2 Å². The Morgan fingerprint density at radius 2 is 2.25 bits per heavy atom. The van der Waals surface area contributed by atoms with Crippen LogP contribution in [0.15, 0.2) is 6.20 Å². The lowest BCUT2D eigenvalue weighted by Crippen LogP contribution is -2.36. The van der Waals surface area contributed by atoms with Crippen LogP contribution in [0.4, 0.5) is 10.7 Å². The molecule has 1 aromatic rings. The molecule has 1 amide bonds. The van der Waals surface area contributed by atoms with Gasteiger partial charge in [0.15, 0.2) is 0 Å². The summed E-state index contributed by atoms with van der Waals surface area (Å²) in [6.45, 7) is 2.37. The molecule has 2 aliphatic heterocycles. The zero-order valence-electron chi connectivity index (χ0n) is 11.2. The third kappa shape index (κ3) is 2.82. The molecule has 2 aliphatic rings. The molecule has 3 heterocycles. The summed E-state index contributed by atoms with van der Waals surface area (Å²) in [5.74, 6) is 0.586. The summed E-state index contributed by atoms with van der Waals surface area (Å²) in [5, 5.41) is 12.4. The molecule has 1 fully saturated rings. The molecule has 20 heavy (non-hydrogen) atoms. The van der Waals surface area contributed by atoms with E-state index < -0.39 is 6.09 Å². The fourth-order valence-corrected chi connectivity index (χ4v) is 2.56. The average molecular weight is 278 g/mol. The quantitative estimate of drug-likeness (QED) is 0.842. The van der Waals surface area contributed by atoms with Crippen LogP contribution in [0.1, 0.15) is 24.1 Å². The topological polar surface area (TPSA) is 87.6 Å². The highest BCUT2D eigenvalue weighted by atomic mass is 16.5. The van der Waals surface area contributed by atoms with Crippen LogP contribution in [0.3, 0.4) is 0 Å². The van der Waals surface area contributed by atoms with Crippen molar-refractivity contribution in [1.29, 1.82) is 0 Å². The van der Waals surface area contributed by atoms with Crippen molar-refractivity contribution in [3.63, 3.8) is 0 Å². The van der Waals surface area contributed by atoms with Crippen LogP contribution in [-0.4, -0.2) is 51.9 Å². The molecule has 0 bridgehead atoms. The summed E-state index contributed by atoms with van der Waals surface area (Å²) in [6.07, 6.45) is 3.49. The highest BCUT2D eigenvalue weighted by molar-refractivity contribution is 5.65. The van der Waals surface area contributed by atoms with Crippen molar-refractivity contribution in [2.75, 3.05) is 25.1 Å². The number of carboxylic acid groups (broad SMARTS) is 1. The fourth-order valence-electron chi connectivity index (χ4n) is 2.56. The molecule has 2 N–H and O–H groups in total. The number of nitrogens with zero attached hydrogens (tertiary/aromatic N) is 3. The first-order valence-corrected chi connectivity index (χ1v) is 6.89. The van der Waals surface area contributed by atoms with Crippen LogP contribution in [0.2, 0.25) is 0 Å². The lowest BCUT2D eigenvalue weighted by molar-refractivity contribution is 0.0903. The maximum atomic E-state index is 11.0. The van der Waals surface area contributed by atoms with E-state index in [4.69, 9.17) is 9.84 Å². The monoisotopic (exact) mass is 278 g/mol. The van der Waals surface area contributed by atoms with Crippen molar-refractivity contribution in [1.82, 2.24) is 14.9 Å². The first-order valence-electron chi connectivity index (χ1n) is 6.89. The Balaban J connectivity index is 1.71. The van der Waals surface area contributed by atoms with Crippen LogP contribution in [0, 0.1) is 0 Å². The maximum absolute atomic E-state index is 11.0. The van der Waals surface area contributed by atoms with Crippen molar-refractivity contribution in [3.8, 4) is 0 Å². The van der Waals surface area contributed by atoms with E-state index >= 15 is 0 Å². The summed E-state index contributed by atoms with van der Waals surface area (Å²) in [4.78, 5) is 21.2. The Morgan fingerprint density at radius 3 is 3.00 bits per heavy atom. The second-order valence-electron chi connectivity index (χ2n) is 5.15. The van der Waals surface area contributed by atoms with Crippen molar-refractivity contribution in [2.24, 2.45) is 0 Å². The van der Waals surface area contributed by atoms with Gasteiger partial charge in [-0.15, -0.1) is 0 Å².